The van der Waals surface area contributed by atoms with Crippen molar-refractivity contribution >= 4 is 7.82 Å². The Bertz CT molecular complexity index is 116. The average molecular weight is 324 g/mol. The molecule has 14 nitrogen and oxygen atoms in total. The van der Waals surface area contributed by atoms with Gasteiger partial charge in [0.05, 0.1) is 5.09 Å². The molecule has 0 amide bonds. The molecular weight excluding hydrogens is 312 g/mol. The van der Waals surface area contributed by atoms with Crippen molar-refractivity contribution in [1.82, 2.24) is 0 Å². The van der Waals surface area contributed by atoms with Gasteiger partial charge in [0, 0.05) is 16.8 Å². The summed E-state index contributed by atoms with van der Waals surface area (Å²) in [5, 5.41) is 14.8. The minimum atomic E-state index is -5.39. The van der Waals surface area contributed by atoms with E-state index in [2.05, 4.69) is 0 Å². The molecule has 113 valence electrons. The van der Waals surface area contributed by atoms with E-state index in [4.69, 9.17) is 34.6 Å². The van der Waals surface area contributed by atoms with Crippen LogP contribution in [0.5, 0.6) is 0 Å². The topological polar surface area (TPSA) is 341 Å². The maximum Gasteiger partial charge on any atom is 0.0689 e. The zero-order chi connectivity index (χ0) is 8.08. The van der Waals surface area contributed by atoms with Crippen molar-refractivity contribution in [3.8, 4) is 0 Å². The van der Waals surface area contributed by atoms with Crippen molar-refractivity contribution in [1.29, 1.82) is 0 Å². The summed E-state index contributed by atoms with van der Waals surface area (Å²) in [6.07, 6.45) is 0. The summed E-state index contributed by atoms with van der Waals surface area (Å²) in [5.74, 6) is 0. The van der Waals surface area contributed by atoms with E-state index in [0.717, 1.165) is 0 Å². The second kappa shape index (κ2) is 36.5. The fourth-order valence-corrected chi connectivity index (χ4v) is 0. The van der Waals surface area contributed by atoms with Crippen LogP contribution in [0.3, 0.4) is 0 Å². The van der Waals surface area contributed by atoms with Crippen molar-refractivity contribution in [2.75, 3.05) is 0 Å². The standard InChI is InChI=1S/Co.NO3.H3O4P.6H2O/c;2-1(3)4;1-5(2,3)4;;;;;;/h;;(H3,1,2,3,4);6*1H2/q;-1;;;;;;;/p-3. The SMILES string of the molecule is O.O.O.O.O.O.O=P([O-])([O-])[O-].O=[N+]([O-])[O-].[Co]. The maximum absolute atomic E-state index is 8.55. The zero-order valence-electron chi connectivity index (χ0n) is 7.09. The van der Waals surface area contributed by atoms with E-state index in [9.17, 15) is 0 Å². The van der Waals surface area contributed by atoms with E-state index in [1.54, 1.807) is 0 Å². The van der Waals surface area contributed by atoms with Gasteiger partial charge < -0.3 is 67.4 Å². The third-order valence-electron chi connectivity index (χ3n) is 0. The molecule has 0 spiro atoms. The Balaban J connectivity index is -0.00000000614. The Labute approximate surface area is 97.9 Å². The van der Waals surface area contributed by atoms with E-state index in [-0.39, 0.29) is 49.6 Å². The van der Waals surface area contributed by atoms with Gasteiger partial charge >= 0.3 is 0 Å². The molecule has 16 heteroatoms. The molecule has 12 N–H and O–H groups in total. The van der Waals surface area contributed by atoms with Crippen molar-refractivity contribution in [2.24, 2.45) is 0 Å². The fourth-order valence-electron chi connectivity index (χ4n) is 0. The van der Waals surface area contributed by atoms with Gasteiger partial charge in [-0.15, -0.1) is 0 Å². The first-order chi connectivity index (χ1) is 3.73. The van der Waals surface area contributed by atoms with Crippen LogP contribution in [0.2, 0.25) is 0 Å². The molecule has 0 unspecified atom stereocenters. The third kappa shape index (κ3) is 12000. The van der Waals surface area contributed by atoms with Crippen LogP contribution >= 0.6 is 7.82 Å². The van der Waals surface area contributed by atoms with Crippen LogP contribution in [-0.2, 0) is 21.3 Å². The summed E-state index contributed by atoms with van der Waals surface area (Å²) in [5.41, 5.74) is 0. The fraction of sp³-hybridized carbons (Fsp3) is 0. The van der Waals surface area contributed by atoms with Gasteiger partial charge in [-0.25, -0.2) is 0 Å². The minimum absolute atomic E-state index is 0. The van der Waals surface area contributed by atoms with Gasteiger partial charge in [0.2, 0.25) is 0 Å². The van der Waals surface area contributed by atoms with Crippen molar-refractivity contribution in [2.45, 2.75) is 0 Å². The molecule has 0 saturated carbocycles. The molecule has 0 atom stereocenters. The summed E-state index contributed by atoms with van der Waals surface area (Å²) < 4.78 is 8.55. The first-order valence-corrected chi connectivity index (χ1v) is 2.74. The van der Waals surface area contributed by atoms with Crippen molar-refractivity contribution < 1.29 is 74.0 Å². The van der Waals surface area contributed by atoms with Crippen LogP contribution < -0.4 is 14.7 Å². The number of hydrogen-bond donors (Lipinski definition) is 0. The van der Waals surface area contributed by atoms with Gasteiger partial charge in [-0.1, -0.05) is 0 Å². The van der Waals surface area contributed by atoms with Gasteiger partial charge in [-0.2, -0.15) is 7.82 Å². The summed E-state index contributed by atoms with van der Waals surface area (Å²) in [7, 11) is -5.39. The number of hydrogen-bond acceptors (Lipinski definition) is 7. The second-order valence-corrected chi connectivity index (χ2v) is 1.57. The van der Waals surface area contributed by atoms with Crippen LogP contribution in [0.1, 0.15) is 0 Å². The molecule has 0 saturated heterocycles. The van der Waals surface area contributed by atoms with Gasteiger partial charge in [0.15, 0.2) is 0 Å². The predicted octanol–water partition coefficient (Wildman–Crippen LogP) is -8.01. The van der Waals surface area contributed by atoms with Crippen LogP contribution in [-0.4, -0.2) is 37.9 Å². The Hall–Kier alpha value is -0.424. The maximum atomic E-state index is 8.55. The number of phosphoric acid groups is 1. The summed E-state index contributed by atoms with van der Waals surface area (Å²) in [4.78, 5) is 33.9. The Kier molecular flexibility index (Phi) is 175. The minimum Gasteiger partial charge on any atom is -0.822 e. The molecule has 0 bridgehead atoms. The van der Waals surface area contributed by atoms with E-state index >= 15 is 0 Å². The largest absolute Gasteiger partial charge is 0.822 e. The number of rotatable bonds is 0. The molecule has 0 fully saturated rings. The summed E-state index contributed by atoms with van der Waals surface area (Å²) >= 11 is 0. The van der Waals surface area contributed by atoms with E-state index in [0.29, 0.717) is 0 Å². The smallest absolute Gasteiger partial charge is 0.0689 e. The molecule has 16 heavy (non-hydrogen) atoms. The molecular formula is H12CoNO13P-4. The van der Waals surface area contributed by atoms with Gasteiger partial charge in [-0.05, 0) is 0 Å². The Morgan fingerprint density at radius 1 is 0.750 bits per heavy atom. The predicted molar refractivity (Wildman–Crippen MR) is 39.7 cm³/mol. The average Bonchev–Trinajstić information content (AvgIpc) is 1.19. The number of nitrogens with zero attached hydrogens (tertiary/aromatic N) is 1. The van der Waals surface area contributed by atoms with Crippen molar-refractivity contribution in [3.63, 3.8) is 0 Å². The van der Waals surface area contributed by atoms with Crippen molar-refractivity contribution in [3.05, 3.63) is 15.3 Å². The second-order valence-electron chi connectivity index (χ2n) is 0.671. The van der Waals surface area contributed by atoms with Crippen LogP contribution in [0.25, 0.3) is 0 Å². The first-order valence-electron chi connectivity index (χ1n) is 1.28. The molecule has 1 radical (unpaired) electrons. The Morgan fingerprint density at radius 2 is 0.750 bits per heavy atom. The van der Waals surface area contributed by atoms with Gasteiger partial charge in [0.1, 0.15) is 0 Å². The third-order valence-corrected chi connectivity index (χ3v) is 0. The van der Waals surface area contributed by atoms with Crippen LogP contribution in [0, 0.1) is 15.3 Å². The van der Waals surface area contributed by atoms with E-state index in [1.165, 1.54) is 0 Å². The quantitative estimate of drug-likeness (QED) is 0.234. The molecule has 0 aliphatic carbocycles. The Morgan fingerprint density at radius 3 is 0.750 bits per heavy atom. The first kappa shape index (κ1) is 76.5. The van der Waals surface area contributed by atoms with E-state index in [1.807, 2.05) is 0 Å². The normalized spacial score (nSPS) is 5.19. The van der Waals surface area contributed by atoms with E-state index < -0.39 is 12.9 Å². The molecule has 0 aromatic rings. The van der Waals surface area contributed by atoms with Gasteiger partial charge in [-0.3, -0.25) is 0 Å². The molecule has 0 heterocycles. The van der Waals surface area contributed by atoms with Crippen LogP contribution in [0.15, 0.2) is 0 Å². The van der Waals surface area contributed by atoms with Crippen LogP contribution in [0.4, 0.5) is 0 Å². The summed E-state index contributed by atoms with van der Waals surface area (Å²) in [6.45, 7) is 0. The monoisotopic (exact) mass is 324 g/mol. The molecule has 0 aromatic carbocycles. The summed E-state index contributed by atoms with van der Waals surface area (Å²) in [6, 6.07) is 0. The van der Waals surface area contributed by atoms with Gasteiger partial charge in [0.25, 0.3) is 0 Å². The molecule has 0 aliphatic heterocycles. The molecule has 0 aliphatic rings. The molecule has 0 aromatic heterocycles. The molecule has 0 rings (SSSR count). The zero-order valence-corrected chi connectivity index (χ0v) is 9.02.